The van der Waals surface area contributed by atoms with Crippen LogP contribution in [0.3, 0.4) is 0 Å². The second kappa shape index (κ2) is 7.71. The van der Waals surface area contributed by atoms with E-state index >= 15 is 0 Å². The number of aryl methyl sites for hydroxylation is 1. The zero-order valence-electron chi connectivity index (χ0n) is 17.6. The molecule has 0 spiro atoms. The number of thiophene rings is 1. The summed E-state index contributed by atoms with van der Waals surface area (Å²) < 4.78 is 2.13. The summed E-state index contributed by atoms with van der Waals surface area (Å²) in [4.78, 5) is 13.4. The summed E-state index contributed by atoms with van der Waals surface area (Å²) in [5.74, 6) is 2.27. The third kappa shape index (κ3) is 3.68. The molecule has 0 aliphatic heterocycles. The highest BCUT2D eigenvalue weighted by Gasteiger charge is 2.17. The van der Waals surface area contributed by atoms with Crippen LogP contribution in [0.25, 0.3) is 0 Å². The molecule has 11 nitrogen and oxygen atoms in total. The molecule has 0 radical (unpaired) electrons. The summed E-state index contributed by atoms with van der Waals surface area (Å²) in [5.41, 5.74) is 7.72. The molecular weight excluding hydrogens is 402 g/mol. The average Bonchev–Trinajstić information content (AvgIpc) is 3.49. The SMILES string of the molecule is Cc1ccc(N(C)c2nnc(N(C)Cn3ccc(N(C)c4nnc(N)[nH]4)c3C)[nH]2)s1. The minimum Gasteiger partial charge on any atom is -0.368 e. The van der Waals surface area contributed by atoms with Gasteiger partial charge in [-0.1, -0.05) is 0 Å². The summed E-state index contributed by atoms with van der Waals surface area (Å²) in [7, 11) is 5.87. The Hall–Kier alpha value is -3.54. The van der Waals surface area contributed by atoms with Crippen molar-refractivity contribution >= 4 is 45.8 Å². The van der Waals surface area contributed by atoms with Gasteiger partial charge in [0.1, 0.15) is 0 Å². The predicted octanol–water partition coefficient (Wildman–Crippen LogP) is 2.61. The minimum atomic E-state index is 0.289. The van der Waals surface area contributed by atoms with E-state index in [-0.39, 0.29) is 5.95 Å². The van der Waals surface area contributed by atoms with E-state index in [1.807, 2.05) is 48.1 Å². The van der Waals surface area contributed by atoms with Gasteiger partial charge in [-0.25, -0.2) is 0 Å². The smallest absolute Gasteiger partial charge is 0.230 e. The maximum Gasteiger partial charge on any atom is 0.230 e. The minimum absolute atomic E-state index is 0.289. The topological polar surface area (TPSA) is 124 Å². The van der Waals surface area contributed by atoms with Gasteiger partial charge in [-0.15, -0.1) is 31.7 Å². The Morgan fingerprint density at radius 2 is 1.63 bits per heavy atom. The van der Waals surface area contributed by atoms with E-state index < -0.39 is 0 Å². The van der Waals surface area contributed by atoms with Crippen LogP contribution in [0, 0.1) is 13.8 Å². The van der Waals surface area contributed by atoms with E-state index in [1.165, 1.54) is 4.88 Å². The van der Waals surface area contributed by atoms with Crippen LogP contribution >= 0.6 is 11.3 Å². The molecule has 0 unspecified atom stereocenters. The van der Waals surface area contributed by atoms with Gasteiger partial charge in [-0.2, -0.15) is 0 Å². The quantitative estimate of drug-likeness (QED) is 0.411. The number of hydrogen-bond acceptors (Lipinski definition) is 9. The number of nitrogens with two attached hydrogens (primary N) is 1. The lowest BCUT2D eigenvalue weighted by molar-refractivity contribution is 0.658. The summed E-state index contributed by atoms with van der Waals surface area (Å²) in [6.07, 6.45) is 2.02. The maximum atomic E-state index is 5.64. The molecule has 158 valence electrons. The van der Waals surface area contributed by atoms with Crippen molar-refractivity contribution in [2.75, 3.05) is 41.6 Å². The molecule has 0 bridgehead atoms. The van der Waals surface area contributed by atoms with Crippen molar-refractivity contribution in [3.05, 3.63) is 35.0 Å². The monoisotopic (exact) mass is 427 g/mol. The molecule has 0 saturated heterocycles. The highest BCUT2D eigenvalue weighted by atomic mass is 32.1. The molecule has 4 aromatic heterocycles. The summed E-state index contributed by atoms with van der Waals surface area (Å²) in [6.45, 7) is 4.75. The van der Waals surface area contributed by atoms with Crippen LogP contribution < -0.4 is 20.4 Å². The Bertz CT molecular complexity index is 1140. The van der Waals surface area contributed by atoms with Gasteiger partial charge in [0.25, 0.3) is 0 Å². The van der Waals surface area contributed by atoms with E-state index in [1.54, 1.807) is 11.3 Å². The third-order valence-corrected chi connectivity index (χ3v) is 6.03. The number of hydrogen-bond donors (Lipinski definition) is 3. The zero-order chi connectivity index (χ0) is 21.4. The number of aromatic nitrogens is 7. The van der Waals surface area contributed by atoms with E-state index in [4.69, 9.17) is 5.73 Å². The largest absolute Gasteiger partial charge is 0.368 e. The molecule has 4 rings (SSSR count). The number of anilines is 6. The van der Waals surface area contributed by atoms with Gasteiger partial charge in [0.05, 0.1) is 17.4 Å². The Labute approximate surface area is 178 Å². The fraction of sp³-hybridized carbons (Fsp3) is 0.333. The first-order valence-corrected chi connectivity index (χ1v) is 10.2. The van der Waals surface area contributed by atoms with Crippen LogP contribution in [0.2, 0.25) is 0 Å². The highest BCUT2D eigenvalue weighted by Crippen LogP contribution is 2.29. The number of rotatable bonds is 7. The maximum absolute atomic E-state index is 5.64. The van der Waals surface area contributed by atoms with Gasteiger partial charge in [0, 0.05) is 37.9 Å². The van der Waals surface area contributed by atoms with E-state index in [9.17, 15) is 0 Å². The van der Waals surface area contributed by atoms with Crippen molar-refractivity contribution in [3.8, 4) is 0 Å². The van der Waals surface area contributed by atoms with E-state index in [2.05, 4.69) is 60.9 Å². The van der Waals surface area contributed by atoms with Crippen molar-refractivity contribution in [3.63, 3.8) is 0 Å². The molecule has 4 heterocycles. The molecule has 0 atom stereocenters. The average molecular weight is 428 g/mol. The van der Waals surface area contributed by atoms with Crippen LogP contribution in [0.1, 0.15) is 10.6 Å². The Morgan fingerprint density at radius 1 is 0.933 bits per heavy atom. The lowest BCUT2D eigenvalue weighted by Crippen LogP contribution is -2.23. The van der Waals surface area contributed by atoms with Gasteiger partial charge in [-0.3, -0.25) is 9.97 Å². The summed E-state index contributed by atoms with van der Waals surface area (Å²) >= 11 is 1.71. The van der Waals surface area contributed by atoms with Crippen LogP contribution in [0.5, 0.6) is 0 Å². The van der Waals surface area contributed by atoms with Gasteiger partial charge in [0.15, 0.2) is 0 Å². The van der Waals surface area contributed by atoms with Crippen LogP contribution in [0.4, 0.5) is 34.5 Å². The van der Waals surface area contributed by atoms with Crippen LogP contribution in [-0.2, 0) is 6.67 Å². The molecule has 0 aromatic carbocycles. The van der Waals surface area contributed by atoms with Gasteiger partial charge < -0.3 is 25.0 Å². The lowest BCUT2D eigenvalue weighted by atomic mass is 10.3. The highest BCUT2D eigenvalue weighted by molar-refractivity contribution is 7.16. The fourth-order valence-corrected chi connectivity index (χ4v) is 3.97. The number of aromatic amines is 2. The fourth-order valence-electron chi connectivity index (χ4n) is 3.15. The molecule has 12 heteroatoms. The molecule has 0 saturated carbocycles. The molecule has 0 aliphatic carbocycles. The first-order valence-electron chi connectivity index (χ1n) is 9.35. The molecule has 4 N–H and O–H groups in total. The predicted molar refractivity (Wildman–Crippen MR) is 120 cm³/mol. The number of H-pyrrole nitrogens is 2. The van der Waals surface area contributed by atoms with Crippen molar-refractivity contribution in [2.45, 2.75) is 20.5 Å². The van der Waals surface area contributed by atoms with Crippen molar-refractivity contribution in [1.82, 2.24) is 34.9 Å². The summed E-state index contributed by atoms with van der Waals surface area (Å²) in [5, 5.41) is 17.6. The molecular formula is C18H25N11S. The third-order valence-electron chi connectivity index (χ3n) is 4.95. The standard InChI is InChI=1S/C18H25N11S/c1-11-6-7-14(30-11)28(5)18-21-16(23-25-18)26(3)10-29-9-8-13(12(29)2)27(4)17-20-15(19)22-24-17/h6-9H,10H2,1-5H3,(H,21,23,25)(H3,19,20,22,24). The lowest BCUT2D eigenvalue weighted by Gasteiger charge is -2.20. The molecule has 4 aromatic rings. The van der Waals surface area contributed by atoms with Crippen molar-refractivity contribution < 1.29 is 0 Å². The summed E-state index contributed by atoms with van der Waals surface area (Å²) in [6, 6.07) is 6.20. The van der Waals surface area contributed by atoms with Gasteiger partial charge in [-0.05, 0) is 32.0 Å². The van der Waals surface area contributed by atoms with Crippen molar-refractivity contribution in [1.29, 1.82) is 0 Å². The second-order valence-electron chi connectivity index (χ2n) is 7.10. The van der Waals surface area contributed by atoms with Gasteiger partial charge in [0.2, 0.25) is 23.8 Å². The first-order chi connectivity index (χ1) is 14.3. The molecule has 30 heavy (non-hydrogen) atoms. The number of nitrogens with zero attached hydrogens (tertiary/aromatic N) is 8. The number of nitrogen functional groups attached to an aromatic ring is 1. The van der Waals surface area contributed by atoms with E-state index in [0.717, 1.165) is 16.4 Å². The Kier molecular flexibility index (Phi) is 5.08. The van der Waals surface area contributed by atoms with E-state index in [0.29, 0.717) is 24.5 Å². The Balaban J connectivity index is 1.47. The Morgan fingerprint density at radius 3 is 2.30 bits per heavy atom. The normalized spacial score (nSPS) is 11.1. The zero-order valence-corrected chi connectivity index (χ0v) is 18.4. The van der Waals surface area contributed by atoms with Crippen molar-refractivity contribution in [2.24, 2.45) is 0 Å². The molecule has 0 fully saturated rings. The van der Waals surface area contributed by atoms with Crippen LogP contribution in [-0.4, -0.2) is 56.1 Å². The molecule has 0 aliphatic rings. The first kappa shape index (κ1) is 19.8. The molecule has 0 amide bonds. The van der Waals surface area contributed by atoms with Crippen LogP contribution in [0.15, 0.2) is 24.4 Å². The number of nitrogens with one attached hydrogen (secondary N) is 2. The second-order valence-corrected chi connectivity index (χ2v) is 8.37. The van der Waals surface area contributed by atoms with Gasteiger partial charge >= 0.3 is 0 Å².